The van der Waals surface area contributed by atoms with Crippen LogP contribution in [0.2, 0.25) is 5.02 Å². The summed E-state index contributed by atoms with van der Waals surface area (Å²) >= 11 is 5.96. The molecule has 39 heavy (non-hydrogen) atoms. The van der Waals surface area contributed by atoms with Crippen LogP contribution in [0.15, 0.2) is 79.0 Å². The van der Waals surface area contributed by atoms with E-state index in [-0.39, 0.29) is 31.4 Å². The van der Waals surface area contributed by atoms with Gasteiger partial charge in [0.05, 0.1) is 5.69 Å². The molecule has 7 nitrogen and oxygen atoms in total. The lowest BCUT2D eigenvalue weighted by Gasteiger charge is -2.12. The Hall–Kier alpha value is -2.78. The molecule has 2 N–H and O–H groups in total. The average molecular weight is 595 g/mol. The molecule has 1 atom stereocenters. The maximum atomic E-state index is 9.96. The van der Waals surface area contributed by atoms with Gasteiger partial charge in [-0.05, 0) is 86.3 Å². The van der Waals surface area contributed by atoms with Crippen LogP contribution in [-0.2, 0) is 11.3 Å². The van der Waals surface area contributed by atoms with Gasteiger partial charge in [0.25, 0.3) is 0 Å². The highest BCUT2D eigenvalue weighted by Crippen LogP contribution is 2.27. The minimum absolute atomic E-state index is 0. The number of hydrogen-bond donors (Lipinski definition) is 2. The maximum Gasteiger partial charge on any atom is 0.140 e. The van der Waals surface area contributed by atoms with Crippen molar-refractivity contribution in [2.45, 2.75) is 26.6 Å². The second-order valence-corrected chi connectivity index (χ2v) is 8.83. The van der Waals surface area contributed by atoms with Crippen molar-refractivity contribution in [1.82, 2.24) is 14.9 Å². The van der Waals surface area contributed by atoms with Gasteiger partial charge in [-0.2, -0.15) is 0 Å². The molecule has 4 aromatic rings. The molecular weight excluding hydrogens is 561 g/mol. The topological polar surface area (TPSA) is 77.8 Å². The molecule has 1 heterocycles. The maximum absolute atomic E-state index is 9.96. The van der Waals surface area contributed by atoms with E-state index in [2.05, 4.69) is 5.32 Å². The molecule has 3 aromatic carbocycles. The van der Waals surface area contributed by atoms with Crippen molar-refractivity contribution < 1.29 is 19.3 Å². The minimum Gasteiger partial charge on any atom is -0.491 e. The van der Waals surface area contributed by atoms with Crippen molar-refractivity contribution in [2.75, 3.05) is 26.3 Å². The first-order valence-corrected chi connectivity index (χ1v) is 12.8. The van der Waals surface area contributed by atoms with Crippen LogP contribution in [0.1, 0.15) is 19.7 Å². The fraction of sp³-hybridized carbons (Fsp3) is 0.276. The third-order valence-electron chi connectivity index (χ3n) is 5.60. The highest BCUT2D eigenvalue weighted by Gasteiger charge is 2.13. The molecule has 0 amide bonds. The van der Waals surface area contributed by atoms with Crippen LogP contribution >= 0.6 is 36.4 Å². The largest absolute Gasteiger partial charge is 0.491 e. The number of aliphatic hydroxyl groups excluding tert-OH is 1. The standard InChI is InChI=1S/C29H32ClN3O4.2ClH/c1-3-31-17-24(34)19-36-25-11-5-21(6-12-25)28-18-33(29(32-28)20-35-4-2)23-9-15-27(16-10-23)37-26-13-7-22(30)8-14-26;;/h5-16,18,24,31,34H,3-4,17,19-20H2,1-2H3;2*1H. The van der Waals surface area contributed by atoms with Gasteiger partial charge in [0, 0.05) is 35.6 Å². The number of likely N-dealkylation sites (N-methyl/N-ethyl adjacent to an activating group) is 1. The minimum atomic E-state index is -0.556. The summed E-state index contributed by atoms with van der Waals surface area (Å²) in [7, 11) is 0. The zero-order valence-electron chi connectivity index (χ0n) is 21.9. The number of aliphatic hydroxyl groups is 1. The van der Waals surface area contributed by atoms with Crippen LogP contribution in [0.25, 0.3) is 16.9 Å². The summed E-state index contributed by atoms with van der Waals surface area (Å²) in [5.74, 6) is 2.95. The predicted molar refractivity (Wildman–Crippen MR) is 160 cm³/mol. The summed E-state index contributed by atoms with van der Waals surface area (Å²) in [6.45, 7) is 6.50. The molecule has 0 aliphatic carbocycles. The summed E-state index contributed by atoms with van der Waals surface area (Å²) in [6, 6.07) is 22.8. The molecule has 0 spiro atoms. The zero-order chi connectivity index (χ0) is 26.0. The van der Waals surface area contributed by atoms with Crippen LogP contribution in [0.4, 0.5) is 0 Å². The number of halogens is 3. The molecule has 0 bridgehead atoms. The lowest BCUT2D eigenvalue weighted by atomic mass is 10.1. The second-order valence-electron chi connectivity index (χ2n) is 8.40. The number of ether oxygens (including phenoxy) is 3. The van der Waals surface area contributed by atoms with Gasteiger partial charge in [0.2, 0.25) is 0 Å². The van der Waals surface area contributed by atoms with Gasteiger partial charge < -0.3 is 29.2 Å². The number of hydrogen-bond acceptors (Lipinski definition) is 6. The van der Waals surface area contributed by atoms with Crippen LogP contribution in [0, 0.1) is 0 Å². The van der Waals surface area contributed by atoms with E-state index in [4.69, 9.17) is 30.8 Å². The smallest absolute Gasteiger partial charge is 0.140 e. The summed E-state index contributed by atoms with van der Waals surface area (Å²) in [5.41, 5.74) is 2.74. The van der Waals surface area contributed by atoms with E-state index in [0.29, 0.717) is 30.5 Å². The van der Waals surface area contributed by atoms with E-state index in [1.807, 2.05) is 85.3 Å². The van der Waals surface area contributed by atoms with Gasteiger partial charge in [-0.15, -0.1) is 24.8 Å². The van der Waals surface area contributed by atoms with Gasteiger partial charge in [-0.3, -0.25) is 0 Å². The van der Waals surface area contributed by atoms with Crippen molar-refractivity contribution in [3.63, 3.8) is 0 Å². The number of nitrogens with zero attached hydrogens (tertiary/aromatic N) is 2. The van der Waals surface area contributed by atoms with Gasteiger partial charge in [0.1, 0.15) is 42.4 Å². The molecule has 1 aromatic heterocycles. The van der Waals surface area contributed by atoms with Gasteiger partial charge in [-0.25, -0.2) is 4.98 Å². The van der Waals surface area contributed by atoms with Gasteiger partial charge in [-0.1, -0.05) is 18.5 Å². The van der Waals surface area contributed by atoms with Crippen molar-refractivity contribution in [2.24, 2.45) is 0 Å². The molecule has 210 valence electrons. The Balaban J connectivity index is 0.00000267. The van der Waals surface area contributed by atoms with Crippen molar-refractivity contribution in [3.05, 3.63) is 89.8 Å². The number of nitrogens with one attached hydrogen (secondary N) is 1. The van der Waals surface area contributed by atoms with Crippen LogP contribution in [0.5, 0.6) is 17.2 Å². The summed E-state index contributed by atoms with van der Waals surface area (Å²) in [6.07, 6.45) is 1.44. The lowest BCUT2D eigenvalue weighted by Crippen LogP contribution is -2.31. The number of benzene rings is 3. The number of imidazole rings is 1. The quantitative estimate of drug-likeness (QED) is 0.179. The lowest BCUT2D eigenvalue weighted by molar-refractivity contribution is 0.107. The third-order valence-corrected chi connectivity index (χ3v) is 5.85. The summed E-state index contributed by atoms with van der Waals surface area (Å²) < 4.78 is 19.3. The Morgan fingerprint density at radius 3 is 2.13 bits per heavy atom. The van der Waals surface area contributed by atoms with E-state index in [1.165, 1.54) is 0 Å². The zero-order valence-corrected chi connectivity index (χ0v) is 24.3. The number of aromatic nitrogens is 2. The Bertz CT molecular complexity index is 1250. The molecule has 1 unspecified atom stereocenters. The highest BCUT2D eigenvalue weighted by molar-refractivity contribution is 6.30. The molecule has 0 saturated carbocycles. The van der Waals surface area contributed by atoms with Crippen LogP contribution in [0.3, 0.4) is 0 Å². The summed E-state index contributed by atoms with van der Waals surface area (Å²) in [5, 5.41) is 13.7. The number of rotatable bonds is 13. The molecule has 0 aliphatic heterocycles. The molecule has 4 rings (SSSR count). The SMILES string of the molecule is CCNCC(O)COc1ccc(-c2cn(-c3ccc(Oc4ccc(Cl)cc4)cc3)c(COCC)n2)cc1.Cl.Cl. The predicted octanol–water partition coefficient (Wildman–Crippen LogP) is 6.71. The molecule has 10 heteroatoms. The third kappa shape index (κ3) is 9.42. The molecule has 0 aliphatic rings. The van der Waals surface area contributed by atoms with Crippen LogP contribution < -0.4 is 14.8 Å². The second kappa shape index (κ2) is 16.4. The fourth-order valence-electron chi connectivity index (χ4n) is 3.67. The Labute approximate surface area is 246 Å². The van der Waals surface area contributed by atoms with Gasteiger partial charge in [0.15, 0.2) is 0 Å². The van der Waals surface area contributed by atoms with Crippen molar-refractivity contribution in [1.29, 1.82) is 0 Å². The van der Waals surface area contributed by atoms with E-state index in [9.17, 15) is 5.11 Å². The normalized spacial score (nSPS) is 11.3. The Kier molecular flexibility index (Phi) is 13.6. The molecular formula is C29H34Cl3N3O4. The first-order valence-electron chi connectivity index (χ1n) is 12.4. The average Bonchev–Trinajstić information content (AvgIpc) is 3.35. The monoisotopic (exact) mass is 593 g/mol. The first kappa shape index (κ1) is 32.4. The fourth-order valence-corrected chi connectivity index (χ4v) is 3.80. The molecule has 0 radical (unpaired) electrons. The highest BCUT2D eigenvalue weighted by atomic mass is 35.5. The Morgan fingerprint density at radius 2 is 1.51 bits per heavy atom. The molecule has 0 saturated heterocycles. The van der Waals surface area contributed by atoms with E-state index in [0.717, 1.165) is 40.8 Å². The summed E-state index contributed by atoms with van der Waals surface area (Å²) in [4.78, 5) is 4.84. The van der Waals surface area contributed by atoms with E-state index in [1.54, 1.807) is 12.1 Å². The van der Waals surface area contributed by atoms with E-state index >= 15 is 0 Å². The first-order chi connectivity index (χ1) is 18.1. The Morgan fingerprint density at radius 1 is 0.897 bits per heavy atom. The van der Waals surface area contributed by atoms with Crippen molar-refractivity contribution in [3.8, 4) is 34.2 Å². The van der Waals surface area contributed by atoms with Crippen molar-refractivity contribution >= 4 is 36.4 Å². The van der Waals surface area contributed by atoms with Gasteiger partial charge >= 0.3 is 0 Å². The molecule has 0 fully saturated rings. The van der Waals surface area contributed by atoms with E-state index < -0.39 is 6.10 Å². The van der Waals surface area contributed by atoms with Crippen LogP contribution in [-0.4, -0.2) is 47.1 Å².